The minimum atomic E-state index is -0.447. The van der Waals surface area contributed by atoms with Crippen LogP contribution < -0.4 is 20.3 Å². The summed E-state index contributed by atoms with van der Waals surface area (Å²) in [4.78, 5) is 38.3. The van der Waals surface area contributed by atoms with Crippen LogP contribution >= 0.6 is 11.8 Å². The van der Waals surface area contributed by atoms with Gasteiger partial charge in [-0.1, -0.05) is 18.7 Å². The smallest absolute Gasteiger partial charge is 0.277 e. The number of nitrogens with one attached hydrogen (secondary N) is 3. The topological polar surface area (TPSA) is 122 Å². The summed E-state index contributed by atoms with van der Waals surface area (Å²) >= 11 is 1.18. The molecule has 0 saturated carbocycles. The first-order chi connectivity index (χ1) is 13.0. The van der Waals surface area contributed by atoms with Gasteiger partial charge >= 0.3 is 0 Å². The Morgan fingerprint density at radius 3 is 2.78 bits per heavy atom. The Bertz CT molecular complexity index is 1020. The van der Waals surface area contributed by atoms with Crippen molar-refractivity contribution in [3.8, 4) is 11.5 Å². The van der Waals surface area contributed by atoms with Crippen LogP contribution in [0, 0.1) is 0 Å². The Balaban J connectivity index is 1.76. The zero-order valence-corrected chi connectivity index (χ0v) is 15.8. The first-order valence-corrected chi connectivity index (χ1v) is 9.06. The second kappa shape index (κ2) is 8.12. The molecule has 27 heavy (non-hydrogen) atoms. The molecule has 0 aliphatic rings. The lowest BCUT2D eigenvalue weighted by Crippen LogP contribution is -2.25. The van der Waals surface area contributed by atoms with Gasteiger partial charge in [0.2, 0.25) is 5.91 Å². The van der Waals surface area contributed by atoms with Crippen LogP contribution in [0.15, 0.2) is 34.5 Å². The van der Waals surface area contributed by atoms with Gasteiger partial charge in [0, 0.05) is 11.8 Å². The number of hydrogen-bond acceptors (Lipinski definition) is 7. The molecule has 3 N–H and O–H groups in total. The first kappa shape index (κ1) is 18.8. The van der Waals surface area contributed by atoms with Gasteiger partial charge in [0.15, 0.2) is 27.8 Å². The lowest BCUT2D eigenvalue weighted by Gasteiger charge is -2.15. The maximum absolute atomic E-state index is 12.7. The summed E-state index contributed by atoms with van der Waals surface area (Å²) in [5, 5.41) is 2.74. The molecule has 2 heterocycles. The van der Waals surface area contributed by atoms with Crippen molar-refractivity contribution in [2.24, 2.45) is 0 Å². The van der Waals surface area contributed by atoms with E-state index in [1.807, 2.05) is 6.92 Å². The van der Waals surface area contributed by atoms with Crippen molar-refractivity contribution < 1.29 is 14.3 Å². The fraction of sp³-hybridized carbons (Fsp3) is 0.294. The van der Waals surface area contributed by atoms with Gasteiger partial charge in [-0.15, -0.1) is 0 Å². The fourth-order valence-corrected chi connectivity index (χ4v) is 3.37. The highest BCUT2D eigenvalue weighted by molar-refractivity contribution is 8.00. The molecule has 1 aromatic carbocycles. The molecule has 9 nitrogen and oxygen atoms in total. The molecule has 0 radical (unpaired) electrons. The number of hydrogen-bond donors (Lipinski definition) is 3. The van der Waals surface area contributed by atoms with Gasteiger partial charge < -0.3 is 19.8 Å². The standard InChI is InChI=1S/C17H19N5O4S/c1-4-12(27-17-21-14-13(16(24)22-17)18-8-19-14)15(23)20-9-5-6-10(25-2)11(7-9)26-3/h5-8,12H,4H2,1-3H3,(H,20,23)(H2,18,19,21,22,24). The quantitative estimate of drug-likeness (QED) is 0.418. The zero-order chi connectivity index (χ0) is 19.4. The molecule has 0 fully saturated rings. The second-order valence-electron chi connectivity index (χ2n) is 5.55. The number of aromatic nitrogens is 4. The fourth-order valence-electron chi connectivity index (χ4n) is 2.47. The summed E-state index contributed by atoms with van der Waals surface area (Å²) in [7, 11) is 3.07. The molecule has 2 aromatic heterocycles. The maximum Gasteiger partial charge on any atom is 0.277 e. The van der Waals surface area contributed by atoms with Crippen molar-refractivity contribution in [3.63, 3.8) is 0 Å². The van der Waals surface area contributed by atoms with E-state index in [0.717, 1.165) is 0 Å². The summed E-state index contributed by atoms with van der Waals surface area (Å²) in [6, 6.07) is 5.13. The van der Waals surface area contributed by atoms with E-state index in [2.05, 4.69) is 25.3 Å². The highest BCUT2D eigenvalue weighted by Gasteiger charge is 2.21. The van der Waals surface area contributed by atoms with Crippen LogP contribution in [0.3, 0.4) is 0 Å². The Morgan fingerprint density at radius 1 is 1.30 bits per heavy atom. The Labute approximate surface area is 158 Å². The number of fused-ring (bicyclic) bond motifs is 1. The van der Waals surface area contributed by atoms with Crippen molar-refractivity contribution in [1.82, 2.24) is 19.9 Å². The van der Waals surface area contributed by atoms with E-state index in [-0.39, 0.29) is 11.5 Å². The molecule has 10 heteroatoms. The number of ether oxygens (including phenoxy) is 2. The van der Waals surface area contributed by atoms with Gasteiger partial charge in [-0.25, -0.2) is 9.97 Å². The van der Waals surface area contributed by atoms with E-state index in [0.29, 0.717) is 39.9 Å². The molecule has 3 aromatic rings. The third-order valence-electron chi connectivity index (χ3n) is 3.84. The number of anilines is 1. The van der Waals surface area contributed by atoms with E-state index in [9.17, 15) is 9.59 Å². The first-order valence-electron chi connectivity index (χ1n) is 8.18. The number of nitrogens with zero attached hydrogens (tertiary/aromatic N) is 2. The van der Waals surface area contributed by atoms with Crippen LogP contribution in [0.1, 0.15) is 13.3 Å². The van der Waals surface area contributed by atoms with Gasteiger partial charge in [0.25, 0.3) is 5.56 Å². The van der Waals surface area contributed by atoms with Crippen LogP contribution in [-0.2, 0) is 4.79 Å². The minimum absolute atomic E-state index is 0.209. The normalized spacial score (nSPS) is 12.0. The number of H-pyrrole nitrogens is 2. The van der Waals surface area contributed by atoms with Gasteiger partial charge in [-0.05, 0) is 18.6 Å². The van der Waals surface area contributed by atoms with Crippen LogP contribution in [0.4, 0.5) is 5.69 Å². The molecule has 1 amide bonds. The summed E-state index contributed by atoms with van der Waals surface area (Å²) in [6.07, 6.45) is 1.95. The molecule has 1 atom stereocenters. The van der Waals surface area contributed by atoms with Gasteiger partial charge in [0.05, 0.1) is 25.8 Å². The van der Waals surface area contributed by atoms with Crippen molar-refractivity contribution >= 4 is 34.5 Å². The monoisotopic (exact) mass is 389 g/mol. The van der Waals surface area contributed by atoms with Crippen molar-refractivity contribution in [2.75, 3.05) is 19.5 Å². The van der Waals surface area contributed by atoms with Gasteiger partial charge in [-0.2, -0.15) is 0 Å². The highest BCUT2D eigenvalue weighted by atomic mass is 32.2. The molecule has 0 bridgehead atoms. The van der Waals surface area contributed by atoms with E-state index >= 15 is 0 Å². The number of carbonyl (C=O) groups is 1. The number of benzene rings is 1. The summed E-state index contributed by atoms with van der Waals surface area (Å²) in [5.41, 5.74) is 0.884. The Kier molecular flexibility index (Phi) is 5.65. The van der Waals surface area contributed by atoms with Crippen LogP contribution in [0.2, 0.25) is 0 Å². The lowest BCUT2D eigenvalue weighted by molar-refractivity contribution is -0.115. The van der Waals surface area contributed by atoms with Crippen LogP contribution in [0.5, 0.6) is 11.5 Å². The zero-order valence-electron chi connectivity index (χ0n) is 15.0. The molecule has 0 aliphatic heterocycles. The average Bonchev–Trinajstić information content (AvgIpc) is 3.15. The average molecular weight is 389 g/mol. The van der Waals surface area contributed by atoms with Crippen LogP contribution in [0.25, 0.3) is 11.2 Å². The third-order valence-corrected chi connectivity index (χ3v) is 5.09. The van der Waals surface area contributed by atoms with Crippen molar-refractivity contribution in [3.05, 3.63) is 34.9 Å². The van der Waals surface area contributed by atoms with Crippen LogP contribution in [-0.4, -0.2) is 45.3 Å². The summed E-state index contributed by atoms with van der Waals surface area (Å²) in [5.74, 6) is 0.886. The molecular weight excluding hydrogens is 370 g/mol. The van der Waals surface area contributed by atoms with Gasteiger partial charge in [-0.3, -0.25) is 14.6 Å². The predicted molar refractivity (Wildman–Crippen MR) is 103 cm³/mol. The number of aromatic amines is 2. The minimum Gasteiger partial charge on any atom is -0.493 e. The molecule has 1 unspecified atom stereocenters. The lowest BCUT2D eigenvalue weighted by atomic mass is 10.2. The van der Waals surface area contributed by atoms with Crippen molar-refractivity contribution in [2.45, 2.75) is 23.8 Å². The Morgan fingerprint density at radius 2 is 2.07 bits per heavy atom. The molecule has 142 valence electrons. The number of rotatable bonds is 7. The predicted octanol–water partition coefficient (Wildman–Crippen LogP) is 2.17. The van der Waals surface area contributed by atoms with E-state index in [4.69, 9.17) is 9.47 Å². The second-order valence-corrected chi connectivity index (χ2v) is 6.74. The van der Waals surface area contributed by atoms with E-state index in [1.165, 1.54) is 25.2 Å². The number of carbonyl (C=O) groups excluding carboxylic acids is 1. The third kappa shape index (κ3) is 4.05. The molecule has 3 rings (SSSR count). The highest BCUT2D eigenvalue weighted by Crippen LogP contribution is 2.30. The van der Waals surface area contributed by atoms with E-state index in [1.54, 1.807) is 25.3 Å². The number of methoxy groups -OCH3 is 2. The Hall–Kier alpha value is -3.01. The summed E-state index contributed by atoms with van der Waals surface area (Å²) < 4.78 is 10.4. The molecule has 0 spiro atoms. The summed E-state index contributed by atoms with van der Waals surface area (Å²) in [6.45, 7) is 1.89. The number of imidazole rings is 1. The molecular formula is C17H19N5O4S. The molecule has 0 saturated heterocycles. The van der Waals surface area contributed by atoms with Gasteiger partial charge in [0.1, 0.15) is 0 Å². The number of thioether (sulfide) groups is 1. The largest absolute Gasteiger partial charge is 0.493 e. The van der Waals surface area contributed by atoms with E-state index < -0.39 is 5.25 Å². The SMILES string of the molecule is CCC(Sc1nc2nc[nH]c2c(=O)[nH]1)C(=O)Nc1ccc(OC)c(OC)c1. The van der Waals surface area contributed by atoms with Crippen molar-refractivity contribution in [1.29, 1.82) is 0 Å². The molecule has 0 aliphatic carbocycles. The maximum atomic E-state index is 12.7. The number of amides is 1.